The Morgan fingerprint density at radius 1 is 1.19 bits per heavy atom. The van der Waals surface area contributed by atoms with Crippen molar-refractivity contribution >= 4 is 74.7 Å². The number of phenolic OH excluding ortho intramolecular Hbond substituents is 2. The lowest BCUT2D eigenvalue weighted by Crippen LogP contribution is -2.70. The van der Waals surface area contributed by atoms with E-state index in [4.69, 9.17) is 15.3 Å². The number of carbonyl (C=O) groups is 5. The van der Waals surface area contributed by atoms with Crippen LogP contribution in [0.4, 0.5) is 9.93 Å². The fourth-order valence-corrected chi connectivity index (χ4v) is 6.31. The number of β-lactam (4-membered cyclic amide) rings is 1. The first-order chi connectivity index (χ1) is 22.6. The minimum absolute atomic E-state index is 0.0183. The lowest BCUT2D eigenvalue weighted by molar-refractivity contribution is -0.161. The number of ether oxygens (including phenoxy) is 1. The number of carbonyl (C=O) groups excluding carboxylic acids is 3. The molecule has 3 aromatic rings. The number of nitrogens with two attached hydrogens (primary N) is 1. The van der Waals surface area contributed by atoms with E-state index in [1.54, 1.807) is 0 Å². The number of rotatable bonds is 10. The molecular formula is C27H25N7O12S2. The molecule has 2 aliphatic heterocycles. The van der Waals surface area contributed by atoms with Crippen molar-refractivity contribution in [1.82, 2.24) is 25.5 Å². The molecule has 19 nitrogen and oxygen atoms in total. The molecule has 1 unspecified atom stereocenters. The van der Waals surface area contributed by atoms with Crippen LogP contribution in [-0.2, 0) is 24.0 Å². The van der Waals surface area contributed by atoms with Crippen molar-refractivity contribution < 1.29 is 54.0 Å². The van der Waals surface area contributed by atoms with Crippen molar-refractivity contribution in [3.05, 3.63) is 56.6 Å². The Labute approximate surface area is 276 Å². The van der Waals surface area contributed by atoms with Gasteiger partial charge in [0.05, 0.1) is 10.9 Å². The number of aromatic hydroxyl groups is 2. The number of H-pyrrole nitrogens is 1. The number of aromatic amines is 1. The minimum Gasteiger partial charge on any atom is -0.504 e. The summed E-state index contributed by atoms with van der Waals surface area (Å²) in [6, 6.07) is 0.890. The van der Waals surface area contributed by atoms with Crippen molar-refractivity contribution in [1.29, 1.82) is 0 Å². The zero-order chi connectivity index (χ0) is 35.1. The van der Waals surface area contributed by atoms with Crippen molar-refractivity contribution in [3.63, 3.8) is 0 Å². The maximum atomic E-state index is 13.3. The van der Waals surface area contributed by atoms with Crippen LogP contribution in [0.2, 0.25) is 0 Å². The Kier molecular flexibility index (Phi) is 8.91. The highest BCUT2D eigenvalue weighted by atomic mass is 32.2. The maximum Gasteiger partial charge on any atom is 0.512 e. The Morgan fingerprint density at radius 2 is 1.90 bits per heavy atom. The molecule has 2 aliphatic rings. The molecule has 9 N–H and O–H groups in total. The zero-order valence-corrected chi connectivity index (χ0v) is 26.3. The Morgan fingerprint density at radius 3 is 2.54 bits per heavy atom. The molecule has 0 bridgehead atoms. The second-order valence-electron chi connectivity index (χ2n) is 10.7. The average molecular weight is 704 g/mol. The number of pyridine rings is 1. The number of thiazole rings is 1. The number of anilines is 1. The molecule has 5 rings (SSSR count). The van der Waals surface area contributed by atoms with Gasteiger partial charge in [-0.3, -0.25) is 24.1 Å². The molecule has 2 aromatic heterocycles. The van der Waals surface area contributed by atoms with E-state index < -0.39 is 75.4 Å². The number of nitrogens with one attached hydrogen (secondary N) is 3. The van der Waals surface area contributed by atoms with Crippen LogP contribution in [0.1, 0.15) is 29.9 Å². The van der Waals surface area contributed by atoms with Gasteiger partial charge >= 0.3 is 12.1 Å². The van der Waals surface area contributed by atoms with Gasteiger partial charge in [0, 0.05) is 35.5 Å². The van der Waals surface area contributed by atoms with Gasteiger partial charge in [0.25, 0.3) is 17.7 Å². The van der Waals surface area contributed by atoms with Gasteiger partial charge in [0.1, 0.15) is 22.7 Å². The molecule has 0 aliphatic carbocycles. The van der Waals surface area contributed by atoms with Crippen molar-refractivity contribution in [3.8, 4) is 11.5 Å². The lowest BCUT2D eigenvalue weighted by Gasteiger charge is -2.49. The van der Waals surface area contributed by atoms with E-state index in [1.165, 1.54) is 19.2 Å². The van der Waals surface area contributed by atoms with Crippen molar-refractivity contribution in [2.75, 3.05) is 18.0 Å². The molecule has 252 valence electrons. The summed E-state index contributed by atoms with van der Waals surface area (Å²) in [5, 5.41) is 47.3. The van der Waals surface area contributed by atoms with Crippen LogP contribution in [0, 0.1) is 0 Å². The van der Waals surface area contributed by atoms with Gasteiger partial charge in [0.15, 0.2) is 22.3 Å². The van der Waals surface area contributed by atoms with E-state index in [-0.39, 0.29) is 45.2 Å². The van der Waals surface area contributed by atoms with Gasteiger partial charge < -0.3 is 51.4 Å². The minimum atomic E-state index is -1.83. The highest BCUT2D eigenvalue weighted by Crippen LogP contribution is 2.40. The van der Waals surface area contributed by atoms with Gasteiger partial charge in [-0.05, 0) is 19.9 Å². The number of oxime groups is 1. The third kappa shape index (κ3) is 6.40. The van der Waals surface area contributed by atoms with Crippen LogP contribution in [-0.4, -0.2) is 100 Å². The van der Waals surface area contributed by atoms with Crippen molar-refractivity contribution in [2.45, 2.75) is 30.9 Å². The third-order valence-corrected chi connectivity index (χ3v) is 9.02. The Bertz CT molecular complexity index is 2000. The number of benzene rings is 1. The van der Waals surface area contributed by atoms with Crippen molar-refractivity contribution in [2.24, 2.45) is 5.16 Å². The highest BCUT2D eigenvalue weighted by Gasteiger charge is 2.54. The monoisotopic (exact) mass is 703 g/mol. The normalized spacial score (nSPS) is 17.8. The van der Waals surface area contributed by atoms with E-state index in [2.05, 4.69) is 25.8 Å². The first-order valence-electron chi connectivity index (χ1n) is 13.5. The SMILES string of the molecule is CC(C)(O/N=C(\C(=O)NC1C(=O)N2C(OC(=O)O)=C(CNC(=O)c3c[nH]c4cc(O)c(O)cc4c3=O)CS[C@@H]12)c1csc(N)n1)C(=O)O. The molecule has 0 spiro atoms. The van der Waals surface area contributed by atoms with Gasteiger partial charge in [-0.1, -0.05) is 5.16 Å². The van der Waals surface area contributed by atoms with Gasteiger partial charge in [-0.15, -0.1) is 23.1 Å². The number of nitrogens with zero attached hydrogens (tertiary/aromatic N) is 3. The zero-order valence-electron chi connectivity index (χ0n) is 24.7. The molecule has 48 heavy (non-hydrogen) atoms. The molecule has 1 fully saturated rings. The van der Waals surface area contributed by atoms with E-state index in [0.717, 1.165) is 46.3 Å². The molecule has 21 heteroatoms. The number of thioether (sulfide) groups is 1. The number of amides is 3. The largest absolute Gasteiger partial charge is 0.512 e. The quantitative estimate of drug-likeness (QED) is 0.0463. The molecular weight excluding hydrogens is 678 g/mol. The number of hydrogen-bond donors (Lipinski definition) is 8. The molecule has 4 heterocycles. The van der Waals surface area contributed by atoms with E-state index >= 15 is 0 Å². The number of hydrogen-bond acceptors (Lipinski definition) is 15. The molecule has 0 radical (unpaired) electrons. The number of aromatic nitrogens is 2. The summed E-state index contributed by atoms with van der Waals surface area (Å²) in [5.74, 6) is -5.42. The fourth-order valence-electron chi connectivity index (χ4n) is 4.44. The van der Waals surface area contributed by atoms with Crippen LogP contribution in [0.25, 0.3) is 10.9 Å². The Balaban J connectivity index is 1.34. The third-order valence-electron chi connectivity index (χ3n) is 7.01. The smallest absolute Gasteiger partial charge is 0.504 e. The first kappa shape index (κ1) is 33.5. The summed E-state index contributed by atoms with van der Waals surface area (Å²) in [7, 11) is 0. The predicted molar refractivity (Wildman–Crippen MR) is 167 cm³/mol. The average Bonchev–Trinajstić information content (AvgIpc) is 3.45. The number of aliphatic carboxylic acids is 1. The topological polar surface area (TPSA) is 296 Å². The number of phenols is 2. The van der Waals surface area contributed by atoms with Crippen LogP contribution in [0.15, 0.2) is 45.1 Å². The van der Waals surface area contributed by atoms with E-state index in [1.807, 2.05) is 0 Å². The van der Waals surface area contributed by atoms with Gasteiger partial charge in [-0.2, -0.15) is 0 Å². The summed E-state index contributed by atoms with van der Waals surface area (Å²) in [6.07, 6.45) is -0.662. The van der Waals surface area contributed by atoms with Gasteiger partial charge in [-0.25, -0.2) is 14.6 Å². The summed E-state index contributed by atoms with van der Waals surface area (Å²) in [4.78, 5) is 88.1. The second-order valence-corrected chi connectivity index (χ2v) is 12.7. The molecule has 1 aromatic carbocycles. The molecule has 0 saturated carbocycles. The maximum absolute atomic E-state index is 13.3. The predicted octanol–water partition coefficient (Wildman–Crippen LogP) is 0.298. The summed E-state index contributed by atoms with van der Waals surface area (Å²) < 4.78 is 4.91. The van der Waals surface area contributed by atoms with Crippen LogP contribution in [0.3, 0.4) is 0 Å². The molecule has 3 amide bonds. The van der Waals surface area contributed by atoms with Crippen LogP contribution in [0.5, 0.6) is 11.5 Å². The summed E-state index contributed by atoms with van der Waals surface area (Å²) in [6.45, 7) is 2.05. The van der Waals surface area contributed by atoms with Gasteiger partial charge in [0.2, 0.25) is 16.9 Å². The van der Waals surface area contributed by atoms with Crippen LogP contribution < -0.4 is 21.8 Å². The van der Waals surface area contributed by atoms with E-state index in [0.29, 0.717) is 0 Å². The Hall–Kier alpha value is -5.83. The second kappa shape index (κ2) is 12.8. The number of nitrogen functional groups attached to an aromatic ring is 1. The molecule has 2 atom stereocenters. The number of carboxylic acid groups (broad SMARTS) is 2. The summed E-state index contributed by atoms with van der Waals surface area (Å²) >= 11 is 2.07. The first-order valence-corrected chi connectivity index (χ1v) is 15.5. The molecule has 1 saturated heterocycles. The number of fused-ring (bicyclic) bond motifs is 2. The lowest BCUT2D eigenvalue weighted by atomic mass is 10.1. The fraction of sp³-hybridized carbons (Fsp3) is 0.259. The standard InChI is InChI=1S/C27H25N7O12S2/c1-27(2,24(41)42)46-33-16(13-8-48-25(28)31-13)20(39)32-17-21(40)34-22(45-26(43)44)9(7-47-23(17)34)5-30-19(38)11-6-29-12-4-15(36)14(35)3-10(12)18(11)37/h3-4,6,8,17,23,35-36H,5,7H2,1-2H3,(H2,28,31)(H,29,37)(H,30,38)(H,32,39)(H,41,42)(H,43,44)/b33-16-/t17?,23-/m0/s1. The van der Waals surface area contributed by atoms with E-state index in [9.17, 15) is 49.2 Å². The van der Waals surface area contributed by atoms with Crippen LogP contribution >= 0.6 is 23.1 Å². The number of carboxylic acids is 1. The summed E-state index contributed by atoms with van der Waals surface area (Å²) in [5.41, 5.74) is 2.52. The highest BCUT2D eigenvalue weighted by molar-refractivity contribution is 8.00.